The van der Waals surface area contributed by atoms with Crippen LogP contribution < -0.4 is 10.7 Å². The summed E-state index contributed by atoms with van der Waals surface area (Å²) >= 11 is 0. The van der Waals surface area contributed by atoms with Crippen LogP contribution in [0.5, 0.6) is 0 Å². The van der Waals surface area contributed by atoms with E-state index < -0.39 is 17.2 Å². The molecular weight excluding hydrogens is 284 g/mol. The van der Waals surface area contributed by atoms with Crippen molar-refractivity contribution in [3.8, 4) is 11.1 Å². The van der Waals surface area contributed by atoms with E-state index in [1.54, 1.807) is 48.5 Å². The Morgan fingerprint density at radius 1 is 1.05 bits per heavy atom. The van der Waals surface area contributed by atoms with Gasteiger partial charge in [0.25, 0.3) is 0 Å². The average Bonchev–Trinajstić information content (AvgIpc) is 2.53. The molecule has 0 atom stereocenters. The zero-order valence-electron chi connectivity index (χ0n) is 11.2. The molecule has 5 heteroatoms. The Balaban J connectivity index is 2.55. The van der Waals surface area contributed by atoms with Gasteiger partial charge in [0, 0.05) is 16.5 Å². The Labute approximate surface area is 124 Å². The smallest absolute Gasteiger partial charge is 0.346 e. The van der Waals surface area contributed by atoms with E-state index in [0.717, 1.165) is 0 Å². The van der Waals surface area contributed by atoms with Gasteiger partial charge in [0.05, 0.1) is 11.5 Å². The summed E-state index contributed by atoms with van der Waals surface area (Å²) < 4.78 is 5.03. The second-order valence-corrected chi connectivity index (χ2v) is 4.63. The van der Waals surface area contributed by atoms with Gasteiger partial charge in [0.15, 0.2) is 6.29 Å². The number of carboxylic acids is 1. The molecule has 0 aliphatic heterocycles. The minimum atomic E-state index is -1.64. The van der Waals surface area contributed by atoms with Crippen LogP contribution in [0.1, 0.15) is 20.7 Å². The summed E-state index contributed by atoms with van der Waals surface area (Å²) in [5, 5.41) is 11.8. The molecule has 0 spiro atoms. The fraction of sp³-hybridized carbons (Fsp3) is 0. The van der Waals surface area contributed by atoms with Crippen LogP contribution in [-0.4, -0.2) is 12.3 Å². The third-order valence-corrected chi connectivity index (χ3v) is 3.37. The van der Waals surface area contributed by atoms with Crippen molar-refractivity contribution in [3.05, 3.63) is 70.1 Å². The molecule has 0 saturated heterocycles. The molecule has 0 aliphatic carbocycles. The summed E-state index contributed by atoms with van der Waals surface area (Å²) in [7, 11) is 0. The second-order valence-electron chi connectivity index (χ2n) is 4.63. The van der Waals surface area contributed by atoms with Crippen LogP contribution in [0.3, 0.4) is 0 Å². The molecule has 0 N–H and O–H groups in total. The number of carboxylic acid groups (broad SMARTS) is 1. The van der Waals surface area contributed by atoms with Crippen molar-refractivity contribution in [1.29, 1.82) is 0 Å². The van der Waals surface area contributed by atoms with E-state index in [9.17, 15) is 19.5 Å². The molecule has 0 bridgehead atoms. The first-order chi connectivity index (χ1) is 10.6. The summed E-state index contributed by atoms with van der Waals surface area (Å²) in [6.07, 6.45) is 0.609. The van der Waals surface area contributed by atoms with E-state index in [0.29, 0.717) is 17.2 Å². The van der Waals surface area contributed by atoms with Crippen molar-refractivity contribution >= 4 is 23.2 Å². The van der Waals surface area contributed by atoms with E-state index in [1.807, 2.05) is 0 Å². The zero-order chi connectivity index (χ0) is 15.7. The minimum absolute atomic E-state index is 0.134. The van der Waals surface area contributed by atoms with Crippen LogP contribution in [-0.2, 0) is 0 Å². The monoisotopic (exact) mass is 293 g/mol. The molecule has 108 valence electrons. The molecule has 2 aromatic carbocycles. The first kappa shape index (κ1) is 13.8. The molecule has 0 unspecified atom stereocenters. The minimum Gasteiger partial charge on any atom is -0.545 e. The molecule has 22 heavy (non-hydrogen) atoms. The lowest BCUT2D eigenvalue weighted by Crippen LogP contribution is -2.29. The summed E-state index contributed by atoms with van der Waals surface area (Å²) in [4.78, 5) is 34.6. The highest BCUT2D eigenvalue weighted by Crippen LogP contribution is 2.32. The normalized spacial score (nSPS) is 10.5. The molecule has 1 aromatic heterocycles. The second kappa shape index (κ2) is 5.29. The molecule has 3 rings (SSSR count). The van der Waals surface area contributed by atoms with E-state index in [2.05, 4.69) is 0 Å². The van der Waals surface area contributed by atoms with Crippen molar-refractivity contribution in [2.75, 3.05) is 0 Å². The Morgan fingerprint density at radius 2 is 1.73 bits per heavy atom. The van der Waals surface area contributed by atoms with E-state index in [1.165, 1.54) is 0 Å². The van der Waals surface area contributed by atoms with Crippen LogP contribution in [0.15, 0.2) is 57.7 Å². The van der Waals surface area contributed by atoms with Gasteiger partial charge in [-0.15, -0.1) is 0 Å². The Bertz CT molecular complexity index is 953. The van der Waals surface area contributed by atoms with E-state index >= 15 is 0 Å². The number of rotatable bonds is 3. The molecule has 0 saturated carbocycles. The topological polar surface area (TPSA) is 87.4 Å². The number of aldehydes is 1. The quantitative estimate of drug-likeness (QED) is 0.541. The molecule has 0 aliphatic rings. The lowest BCUT2D eigenvalue weighted by molar-refractivity contribution is -0.255. The fourth-order valence-electron chi connectivity index (χ4n) is 2.44. The lowest BCUT2D eigenvalue weighted by Gasteiger charge is -2.13. The van der Waals surface area contributed by atoms with Crippen LogP contribution in [0, 0.1) is 0 Å². The first-order valence-electron chi connectivity index (χ1n) is 6.45. The number of fused-ring (bicyclic) bond motifs is 1. The van der Waals surface area contributed by atoms with Crippen molar-refractivity contribution in [2.24, 2.45) is 0 Å². The van der Waals surface area contributed by atoms with Gasteiger partial charge in [-0.25, -0.2) is 4.79 Å². The van der Waals surface area contributed by atoms with Gasteiger partial charge in [-0.05, 0) is 11.6 Å². The fourth-order valence-corrected chi connectivity index (χ4v) is 2.44. The van der Waals surface area contributed by atoms with Crippen LogP contribution in [0.2, 0.25) is 0 Å². The predicted octanol–water partition coefficient (Wildman–Crippen LogP) is 1.64. The van der Waals surface area contributed by atoms with Crippen molar-refractivity contribution in [1.82, 2.24) is 0 Å². The van der Waals surface area contributed by atoms with Crippen molar-refractivity contribution in [2.45, 2.75) is 0 Å². The number of benzene rings is 2. The molecule has 3 aromatic rings. The SMILES string of the molecule is O=Cc1ccccc1-c1c(C(=O)[O-])c(=O)oc2ccccc12. The number of hydrogen-bond acceptors (Lipinski definition) is 5. The third kappa shape index (κ3) is 2.09. The highest BCUT2D eigenvalue weighted by molar-refractivity contribution is 6.07. The van der Waals surface area contributed by atoms with E-state index in [-0.39, 0.29) is 16.7 Å². The number of para-hydroxylation sites is 1. The maximum atomic E-state index is 12.0. The molecule has 0 amide bonds. The number of carbonyl (C=O) groups is 2. The van der Waals surface area contributed by atoms with Crippen molar-refractivity contribution in [3.63, 3.8) is 0 Å². The number of hydrogen-bond donors (Lipinski definition) is 0. The Morgan fingerprint density at radius 3 is 2.45 bits per heavy atom. The Hall–Kier alpha value is -3.21. The predicted molar refractivity (Wildman–Crippen MR) is 77.6 cm³/mol. The molecule has 1 heterocycles. The Kier molecular flexibility index (Phi) is 3.31. The average molecular weight is 293 g/mol. The number of carbonyl (C=O) groups excluding carboxylic acids is 2. The molecular formula is C17H9O5-. The van der Waals surface area contributed by atoms with Gasteiger partial charge >= 0.3 is 5.63 Å². The van der Waals surface area contributed by atoms with Gasteiger partial charge in [-0.3, -0.25) is 4.79 Å². The summed E-state index contributed by atoms with van der Waals surface area (Å²) in [6.45, 7) is 0. The van der Waals surface area contributed by atoms with Gasteiger partial charge in [0.2, 0.25) is 0 Å². The summed E-state index contributed by atoms with van der Waals surface area (Å²) in [6, 6.07) is 13.0. The summed E-state index contributed by atoms with van der Waals surface area (Å²) in [5.74, 6) is -1.64. The third-order valence-electron chi connectivity index (χ3n) is 3.37. The highest BCUT2D eigenvalue weighted by Gasteiger charge is 2.18. The van der Waals surface area contributed by atoms with E-state index in [4.69, 9.17) is 4.42 Å². The number of aromatic carboxylic acids is 1. The standard InChI is InChI=1S/C17H10O5/c18-9-10-5-1-2-6-11(10)14-12-7-3-4-8-13(12)22-17(21)15(14)16(19)20/h1-9H,(H,19,20)/p-1. The van der Waals surface area contributed by atoms with Gasteiger partial charge in [-0.2, -0.15) is 0 Å². The largest absolute Gasteiger partial charge is 0.545 e. The maximum absolute atomic E-state index is 12.0. The van der Waals surface area contributed by atoms with Gasteiger partial charge in [0.1, 0.15) is 5.58 Å². The van der Waals surface area contributed by atoms with Crippen LogP contribution in [0.25, 0.3) is 22.1 Å². The maximum Gasteiger partial charge on any atom is 0.346 e. The lowest BCUT2D eigenvalue weighted by atomic mass is 9.94. The first-order valence-corrected chi connectivity index (χ1v) is 6.45. The van der Waals surface area contributed by atoms with Crippen molar-refractivity contribution < 1.29 is 19.1 Å². The zero-order valence-corrected chi connectivity index (χ0v) is 11.2. The van der Waals surface area contributed by atoms with Crippen LogP contribution in [0.4, 0.5) is 0 Å². The van der Waals surface area contributed by atoms with Gasteiger partial charge < -0.3 is 14.3 Å². The molecule has 5 nitrogen and oxygen atoms in total. The van der Waals surface area contributed by atoms with Gasteiger partial charge in [-0.1, -0.05) is 42.5 Å². The molecule has 0 fully saturated rings. The van der Waals surface area contributed by atoms with Crippen LogP contribution >= 0.6 is 0 Å². The summed E-state index contributed by atoms with van der Waals surface area (Å²) in [5.41, 5.74) is -0.591. The highest BCUT2D eigenvalue weighted by atomic mass is 16.4. The molecule has 0 radical (unpaired) electrons.